The van der Waals surface area contributed by atoms with Crippen molar-refractivity contribution in [1.29, 1.82) is 0 Å². The Morgan fingerprint density at radius 1 is 1.26 bits per heavy atom. The SMILES string of the molecule is CC(C)n1cc(OCCCNc2ccccc2)cn1. The van der Waals surface area contributed by atoms with Gasteiger partial charge in [-0.05, 0) is 32.4 Å². The number of hydrogen-bond acceptors (Lipinski definition) is 3. The summed E-state index contributed by atoms with van der Waals surface area (Å²) < 4.78 is 7.55. The second-order valence-electron chi connectivity index (χ2n) is 4.74. The fourth-order valence-corrected chi connectivity index (χ4v) is 1.73. The van der Waals surface area contributed by atoms with Crippen molar-refractivity contribution in [2.24, 2.45) is 0 Å². The van der Waals surface area contributed by atoms with Crippen molar-refractivity contribution in [1.82, 2.24) is 9.78 Å². The number of rotatable bonds is 7. The molecule has 102 valence electrons. The van der Waals surface area contributed by atoms with Gasteiger partial charge in [-0.3, -0.25) is 4.68 Å². The van der Waals surface area contributed by atoms with Crippen LogP contribution in [0.3, 0.4) is 0 Å². The Morgan fingerprint density at radius 3 is 2.74 bits per heavy atom. The summed E-state index contributed by atoms with van der Waals surface area (Å²) in [6.07, 6.45) is 4.67. The number of nitrogens with zero attached hydrogens (tertiary/aromatic N) is 2. The molecular weight excluding hydrogens is 238 g/mol. The molecule has 19 heavy (non-hydrogen) atoms. The predicted molar refractivity (Wildman–Crippen MR) is 77.7 cm³/mol. The molecule has 0 saturated carbocycles. The minimum atomic E-state index is 0.372. The molecule has 1 aromatic carbocycles. The molecular formula is C15H21N3O. The first-order chi connectivity index (χ1) is 9.25. The fraction of sp³-hybridized carbons (Fsp3) is 0.400. The number of nitrogens with one attached hydrogen (secondary N) is 1. The molecule has 0 radical (unpaired) electrons. The Bertz CT molecular complexity index is 479. The molecule has 1 heterocycles. The summed E-state index contributed by atoms with van der Waals surface area (Å²) in [6, 6.07) is 10.6. The van der Waals surface area contributed by atoms with Gasteiger partial charge in [0.15, 0.2) is 5.75 Å². The number of ether oxygens (including phenoxy) is 1. The molecule has 0 spiro atoms. The van der Waals surface area contributed by atoms with Crippen molar-refractivity contribution in [3.63, 3.8) is 0 Å². The fourth-order valence-electron chi connectivity index (χ4n) is 1.73. The van der Waals surface area contributed by atoms with E-state index in [9.17, 15) is 0 Å². The van der Waals surface area contributed by atoms with Crippen LogP contribution in [-0.2, 0) is 0 Å². The zero-order valence-electron chi connectivity index (χ0n) is 11.5. The minimum absolute atomic E-state index is 0.372. The van der Waals surface area contributed by atoms with Crippen LogP contribution in [0.25, 0.3) is 0 Å². The third kappa shape index (κ3) is 4.32. The quantitative estimate of drug-likeness (QED) is 0.775. The Morgan fingerprint density at radius 2 is 2.05 bits per heavy atom. The van der Waals surface area contributed by atoms with E-state index in [0.717, 1.165) is 24.4 Å². The molecule has 0 amide bonds. The summed E-state index contributed by atoms with van der Waals surface area (Å²) in [6.45, 7) is 5.80. The van der Waals surface area contributed by atoms with Crippen molar-refractivity contribution in [2.75, 3.05) is 18.5 Å². The van der Waals surface area contributed by atoms with Crippen LogP contribution in [-0.4, -0.2) is 22.9 Å². The predicted octanol–water partition coefficient (Wildman–Crippen LogP) is 3.35. The molecule has 2 rings (SSSR count). The van der Waals surface area contributed by atoms with Crippen LogP contribution in [0.4, 0.5) is 5.69 Å². The van der Waals surface area contributed by atoms with Crippen LogP contribution in [0.1, 0.15) is 26.3 Å². The average molecular weight is 259 g/mol. The smallest absolute Gasteiger partial charge is 0.157 e. The van der Waals surface area contributed by atoms with E-state index in [0.29, 0.717) is 12.6 Å². The van der Waals surface area contributed by atoms with Gasteiger partial charge >= 0.3 is 0 Å². The van der Waals surface area contributed by atoms with Gasteiger partial charge in [0.1, 0.15) is 0 Å². The maximum Gasteiger partial charge on any atom is 0.157 e. The van der Waals surface area contributed by atoms with Crippen molar-refractivity contribution in [3.8, 4) is 5.75 Å². The number of anilines is 1. The Labute approximate surface area is 114 Å². The second kappa shape index (κ2) is 6.83. The van der Waals surface area contributed by atoms with Crippen LogP contribution in [0.2, 0.25) is 0 Å². The number of benzene rings is 1. The van der Waals surface area contributed by atoms with Gasteiger partial charge in [-0.25, -0.2) is 0 Å². The highest BCUT2D eigenvalue weighted by Gasteiger charge is 2.01. The van der Waals surface area contributed by atoms with E-state index >= 15 is 0 Å². The molecule has 0 aliphatic rings. The normalized spacial score (nSPS) is 10.7. The number of hydrogen-bond donors (Lipinski definition) is 1. The summed E-state index contributed by atoms with van der Waals surface area (Å²) >= 11 is 0. The van der Waals surface area contributed by atoms with Crippen LogP contribution in [0.15, 0.2) is 42.7 Å². The highest BCUT2D eigenvalue weighted by Crippen LogP contribution is 2.12. The Kier molecular flexibility index (Phi) is 4.84. The highest BCUT2D eigenvalue weighted by molar-refractivity contribution is 5.42. The van der Waals surface area contributed by atoms with Gasteiger partial charge in [-0.2, -0.15) is 5.10 Å². The van der Waals surface area contributed by atoms with Gasteiger partial charge in [0, 0.05) is 18.3 Å². The Balaban J connectivity index is 1.64. The van der Waals surface area contributed by atoms with E-state index < -0.39 is 0 Å². The third-order valence-electron chi connectivity index (χ3n) is 2.80. The van der Waals surface area contributed by atoms with E-state index in [4.69, 9.17) is 4.74 Å². The molecule has 0 aliphatic carbocycles. The number of para-hydroxylation sites is 1. The first kappa shape index (κ1) is 13.5. The summed E-state index contributed by atoms with van der Waals surface area (Å²) in [5.74, 6) is 0.841. The van der Waals surface area contributed by atoms with Crippen molar-refractivity contribution in [2.45, 2.75) is 26.3 Å². The maximum absolute atomic E-state index is 5.65. The lowest BCUT2D eigenvalue weighted by molar-refractivity contribution is 0.314. The van der Waals surface area contributed by atoms with E-state index in [1.54, 1.807) is 6.20 Å². The summed E-state index contributed by atoms with van der Waals surface area (Å²) in [5, 5.41) is 7.59. The largest absolute Gasteiger partial charge is 0.490 e. The molecule has 0 bridgehead atoms. The molecule has 4 heteroatoms. The molecule has 0 atom stereocenters. The zero-order valence-corrected chi connectivity index (χ0v) is 11.5. The summed E-state index contributed by atoms with van der Waals surface area (Å²) in [4.78, 5) is 0. The molecule has 1 aromatic heterocycles. The molecule has 4 nitrogen and oxygen atoms in total. The van der Waals surface area contributed by atoms with Gasteiger partial charge in [-0.15, -0.1) is 0 Å². The van der Waals surface area contributed by atoms with Crippen molar-refractivity contribution in [3.05, 3.63) is 42.7 Å². The molecule has 0 saturated heterocycles. The van der Waals surface area contributed by atoms with Crippen molar-refractivity contribution < 1.29 is 4.74 Å². The van der Waals surface area contributed by atoms with Crippen LogP contribution in [0, 0.1) is 0 Å². The molecule has 2 aromatic rings. The van der Waals surface area contributed by atoms with E-state index in [-0.39, 0.29) is 0 Å². The van der Waals surface area contributed by atoms with E-state index in [1.807, 2.05) is 29.1 Å². The van der Waals surface area contributed by atoms with Crippen molar-refractivity contribution >= 4 is 5.69 Å². The first-order valence-electron chi connectivity index (χ1n) is 6.71. The minimum Gasteiger partial charge on any atom is -0.490 e. The number of aromatic nitrogens is 2. The maximum atomic E-state index is 5.65. The highest BCUT2D eigenvalue weighted by atomic mass is 16.5. The van der Waals surface area contributed by atoms with E-state index in [1.165, 1.54) is 0 Å². The molecule has 0 unspecified atom stereocenters. The second-order valence-corrected chi connectivity index (χ2v) is 4.74. The van der Waals surface area contributed by atoms with Gasteiger partial charge in [0.05, 0.1) is 19.0 Å². The van der Waals surface area contributed by atoms with Gasteiger partial charge < -0.3 is 10.1 Å². The lowest BCUT2D eigenvalue weighted by Crippen LogP contribution is -2.07. The zero-order chi connectivity index (χ0) is 13.5. The topological polar surface area (TPSA) is 39.1 Å². The summed E-state index contributed by atoms with van der Waals surface area (Å²) in [7, 11) is 0. The first-order valence-corrected chi connectivity index (χ1v) is 6.71. The average Bonchev–Trinajstić information content (AvgIpc) is 2.89. The molecule has 0 fully saturated rings. The van der Waals surface area contributed by atoms with Gasteiger partial charge in [-0.1, -0.05) is 18.2 Å². The molecule has 1 N–H and O–H groups in total. The lowest BCUT2D eigenvalue weighted by Gasteiger charge is -2.07. The third-order valence-corrected chi connectivity index (χ3v) is 2.80. The monoisotopic (exact) mass is 259 g/mol. The Hall–Kier alpha value is -1.97. The van der Waals surface area contributed by atoms with Crippen LogP contribution < -0.4 is 10.1 Å². The molecule has 0 aliphatic heterocycles. The summed E-state index contributed by atoms with van der Waals surface area (Å²) in [5.41, 5.74) is 1.15. The van der Waals surface area contributed by atoms with E-state index in [2.05, 4.69) is 36.4 Å². The van der Waals surface area contributed by atoms with Crippen LogP contribution in [0.5, 0.6) is 5.75 Å². The standard InChI is InChI=1S/C15H21N3O/c1-13(2)18-12-15(11-17-18)19-10-6-9-16-14-7-4-3-5-8-14/h3-5,7-8,11-13,16H,6,9-10H2,1-2H3. The van der Waals surface area contributed by atoms with Gasteiger partial charge in [0.2, 0.25) is 0 Å². The lowest BCUT2D eigenvalue weighted by atomic mass is 10.3. The van der Waals surface area contributed by atoms with Gasteiger partial charge in [0.25, 0.3) is 0 Å². The van der Waals surface area contributed by atoms with Crippen LogP contribution >= 0.6 is 0 Å².